The van der Waals surface area contributed by atoms with Crippen molar-refractivity contribution in [2.75, 3.05) is 5.75 Å². The standard InChI is InChI=1S/C17H13N5O2S/c1-11-3-2-4-13(9-11)16-18-19-17-21(16)20-15(10-25-17)12-5-7-14(8-6-12)22(23)24/h2-9H,10H2,1H3. The predicted molar refractivity (Wildman–Crippen MR) is 96.0 cm³/mol. The third-order valence-corrected chi connectivity index (χ3v) is 4.79. The molecule has 8 heteroatoms. The molecule has 0 fully saturated rings. The van der Waals surface area contributed by atoms with Crippen LogP contribution in [0.25, 0.3) is 11.4 Å². The molecule has 0 unspecified atom stereocenters. The van der Waals surface area contributed by atoms with Gasteiger partial charge in [-0.1, -0.05) is 35.5 Å². The zero-order valence-corrected chi connectivity index (χ0v) is 14.1. The lowest BCUT2D eigenvalue weighted by atomic mass is 10.1. The second-order valence-electron chi connectivity index (χ2n) is 5.63. The Morgan fingerprint density at radius 2 is 1.92 bits per heavy atom. The third-order valence-electron chi connectivity index (χ3n) is 3.86. The number of thioether (sulfide) groups is 1. The topological polar surface area (TPSA) is 86.2 Å². The molecule has 0 spiro atoms. The summed E-state index contributed by atoms with van der Waals surface area (Å²) < 4.78 is 1.74. The number of nitro groups is 1. The number of hydrogen-bond donors (Lipinski definition) is 0. The Morgan fingerprint density at radius 3 is 2.64 bits per heavy atom. The summed E-state index contributed by atoms with van der Waals surface area (Å²) in [5.74, 6) is 1.33. The van der Waals surface area contributed by atoms with Gasteiger partial charge in [0.2, 0.25) is 5.16 Å². The maximum Gasteiger partial charge on any atom is 0.269 e. The van der Waals surface area contributed by atoms with E-state index < -0.39 is 4.92 Å². The Morgan fingerprint density at radius 1 is 1.12 bits per heavy atom. The molecule has 0 aliphatic carbocycles. The molecule has 1 aliphatic heterocycles. The number of fused-ring (bicyclic) bond motifs is 1. The summed E-state index contributed by atoms with van der Waals surface area (Å²) >= 11 is 1.55. The molecule has 2 heterocycles. The Kier molecular flexibility index (Phi) is 3.81. The Bertz CT molecular complexity index is 995. The molecular formula is C17H13N5O2S. The lowest BCUT2D eigenvalue weighted by Crippen LogP contribution is -2.13. The van der Waals surface area contributed by atoms with E-state index >= 15 is 0 Å². The highest BCUT2D eigenvalue weighted by molar-refractivity contribution is 7.99. The van der Waals surface area contributed by atoms with Gasteiger partial charge in [0.1, 0.15) is 0 Å². The maximum atomic E-state index is 10.8. The number of hydrogen-bond acceptors (Lipinski definition) is 6. The van der Waals surface area contributed by atoms with Crippen LogP contribution in [0.5, 0.6) is 0 Å². The SMILES string of the molecule is Cc1cccc(-c2nnc3n2N=C(c2ccc([N+](=O)[O-])cc2)CS3)c1. The van der Waals surface area contributed by atoms with Crippen LogP contribution < -0.4 is 0 Å². The average molecular weight is 351 g/mol. The highest BCUT2D eigenvalue weighted by Gasteiger charge is 2.21. The Balaban J connectivity index is 1.74. The van der Waals surface area contributed by atoms with E-state index in [9.17, 15) is 10.1 Å². The van der Waals surface area contributed by atoms with Crippen molar-refractivity contribution in [3.63, 3.8) is 0 Å². The summed E-state index contributed by atoms with van der Waals surface area (Å²) in [4.78, 5) is 10.4. The van der Waals surface area contributed by atoms with Gasteiger partial charge in [0, 0.05) is 23.4 Å². The lowest BCUT2D eigenvalue weighted by molar-refractivity contribution is -0.384. The number of aryl methyl sites for hydroxylation is 1. The molecule has 0 saturated carbocycles. The number of nitro benzene ring substituents is 1. The van der Waals surface area contributed by atoms with Crippen molar-refractivity contribution in [3.05, 3.63) is 69.8 Å². The van der Waals surface area contributed by atoms with Crippen molar-refractivity contribution in [2.45, 2.75) is 12.1 Å². The molecule has 3 aromatic rings. The van der Waals surface area contributed by atoms with E-state index in [1.807, 2.05) is 31.2 Å². The van der Waals surface area contributed by atoms with E-state index in [1.165, 1.54) is 12.1 Å². The van der Waals surface area contributed by atoms with Crippen LogP contribution in [0.15, 0.2) is 58.8 Å². The number of aromatic nitrogens is 3. The van der Waals surface area contributed by atoms with Gasteiger partial charge in [-0.2, -0.15) is 9.78 Å². The van der Waals surface area contributed by atoms with E-state index in [2.05, 4.69) is 15.3 Å². The van der Waals surface area contributed by atoms with Crippen molar-refractivity contribution >= 4 is 23.2 Å². The fraction of sp³-hybridized carbons (Fsp3) is 0.118. The van der Waals surface area contributed by atoms with Gasteiger partial charge in [-0.05, 0) is 30.7 Å². The monoisotopic (exact) mass is 351 g/mol. The van der Waals surface area contributed by atoms with Gasteiger partial charge in [0.05, 0.1) is 10.6 Å². The zero-order valence-electron chi connectivity index (χ0n) is 13.3. The Labute approximate surface area is 147 Å². The smallest absolute Gasteiger partial charge is 0.258 e. The molecule has 1 aromatic heterocycles. The van der Waals surface area contributed by atoms with Crippen LogP contribution in [0.3, 0.4) is 0 Å². The Hall–Kier alpha value is -3.00. The summed E-state index contributed by atoms with van der Waals surface area (Å²) in [7, 11) is 0. The summed E-state index contributed by atoms with van der Waals surface area (Å²) in [6.45, 7) is 2.03. The molecule has 0 N–H and O–H groups in total. The highest BCUT2D eigenvalue weighted by Crippen LogP contribution is 2.29. The number of benzene rings is 2. The van der Waals surface area contributed by atoms with Crippen LogP contribution in [0, 0.1) is 17.0 Å². The lowest BCUT2D eigenvalue weighted by Gasteiger charge is -2.14. The number of non-ortho nitro benzene ring substituents is 1. The summed E-state index contributed by atoms with van der Waals surface area (Å²) in [5, 5.41) is 24.7. The largest absolute Gasteiger partial charge is 0.269 e. The summed E-state index contributed by atoms with van der Waals surface area (Å²) in [6, 6.07) is 14.4. The summed E-state index contributed by atoms with van der Waals surface area (Å²) in [5.41, 5.74) is 3.85. The zero-order chi connectivity index (χ0) is 17.4. The quantitative estimate of drug-likeness (QED) is 0.532. The van der Waals surface area contributed by atoms with Gasteiger partial charge < -0.3 is 0 Å². The van der Waals surface area contributed by atoms with E-state index in [0.717, 1.165) is 27.6 Å². The molecule has 0 amide bonds. The number of nitrogens with zero attached hydrogens (tertiary/aromatic N) is 5. The van der Waals surface area contributed by atoms with Crippen molar-refractivity contribution < 1.29 is 4.92 Å². The van der Waals surface area contributed by atoms with Crippen molar-refractivity contribution in [2.24, 2.45) is 5.10 Å². The molecule has 25 heavy (non-hydrogen) atoms. The van der Waals surface area contributed by atoms with Crippen molar-refractivity contribution in [3.8, 4) is 11.4 Å². The van der Waals surface area contributed by atoms with Crippen LogP contribution in [-0.4, -0.2) is 31.3 Å². The van der Waals surface area contributed by atoms with Gasteiger partial charge >= 0.3 is 0 Å². The predicted octanol–water partition coefficient (Wildman–Crippen LogP) is 3.52. The van der Waals surface area contributed by atoms with Crippen LogP contribution in [0.4, 0.5) is 5.69 Å². The minimum Gasteiger partial charge on any atom is -0.258 e. The fourth-order valence-electron chi connectivity index (χ4n) is 2.61. The van der Waals surface area contributed by atoms with Crippen LogP contribution in [0.2, 0.25) is 0 Å². The average Bonchev–Trinajstić information content (AvgIpc) is 3.05. The molecule has 2 aromatic carbocycles. The van der Waals surface area contributed by atoms with Crippen molar-refractivity contribution in [1.29, 1.82) is 0 Å². The molecule has 4 rings (SSSR count). The van der Waals surface area contributed by atoms with Crippen LogP contribution >= 0.6 is 11.8 Å². The minimum atomic E-state index is -0.408. The normalized spacial score (nSPS) is 13.2. The minimum absolute atomic E-state index is 0.0678. The van der Waals surface area contributed by atoms with Gasteiger partial charge in [-0.15, -0.1) is 10.2 Å². The molecule has 7 nitrogen and oxygen atoms in total. The highest BCUT2D eigenvalue weighted by atomic mass is 32.2. The first-order chi connectivity index (χ1) is 12.1. The molecule has 1 aliphatic rings. The molecule has 0 atom stereocenters. The first-order valence-electron chi connectivity index (χ1n) is 7.60. The second-order valence-corrected chi connectivity index (χ2v) is 6.57. The van der Waals surface area contributed by atoms with Crippen LogP contribution in [-0.2, 0) is 0 Å². The fourth-order valence-corrected chi connectivity index (χ4v) is 3.45. The first-order valence-corrected chi connectivity index (χ1v) is 8.58. The second kappa shape index (κ2) is 6.14. The molecule has 0 bridgehead atoms. The van der Waals surface area contributed by atoms with Crippen molar-refractivity contribution in [1.82, 2.24) is 14.9 Å². The van der Waals surface area contributed by atoms with Gasteiger partial charge in [-0.3, -0.25) is 10.1 Å². The third kappa shape index (κ3) is 2.91. The van der Waals surface area contributed by atoms with E-state index in [1.54, 1.807) is 28.6 Å². The summed E-state index contributed by atoms with van der Waals surface area (Å²) in [6.07, 6.45) is 0. The number of rotatable bonds is 3. The molecule has 0 radical (unpaired) electrons. The molecular weight excluding hydrogens is 338 g/mol. The van der Waals surface area contributed by atoms with Gasteiger partial charge in [0.25, 0.3) is 5.69 Å². The van der Waals surface area contributed by atoms with Gasteiger partial charge in [0.15, 0.2) is 5.82 Å². The molecule has 0 saturated heterocycles. The van der Waals surface area contributed by atoms with E-state index in [-0.39, 0.29) is 5.69 Å². The van der Waals surface area contributed by atoms with Gasteiger partial charge in [-0.25, -0.2) is 0 Å². The molecule has 124 valence electrons. The van der Waals surface area contributed by atoms with Crippen LogP contribution in [0.1, 0.15) is 11.1 Å². The maximum absolute atomic E-state index is 10.8. The first kappa shape index (κ1) is 15.5. The van der Waals surface area contributed by atoms with E-state index in [0.29, 0.717) is 11.6 Å². The van der Waals surface area contributed by atoms with E-state index in [4.69, 9.17) is 0 Å².